The Labute approximate surface area is 120 Å². The van der Waals surface area contributed by atoms with Crippen molar-refractivity contribution >= 4 is 0 Å². The molecule has 0 atom stereocenters. The van der Waals surface area contributed by atoms with Gasteiger partial charge in [0.1, 0.15) is 0 Å². The fourth-order valence-electron chi connectivity index (χ4n) is 2.76. The normalized spacial score (nSPS) is 20.8. The molecule has 0 unspecified atom stereocenters. The molecule has 0 nitrogen and oxygen atoms in total. The molecule has 0 saturated heterocycles. The van der Waals surface area contributed by atoms with Gasteiger partial charge in [0.25, 0.3) is 0 Å². The van der Waals surface area contributed by atoms with Crippen molar-refractivity contribution in [2.75, 3.05) is 0 Å². The Hall–Kier alpha value is -1.04. The summed E-state index contributed by atoms with van der Waals surface area (Å²) >= 11 is 0. The minimum atomic E-state index is 0.344. The molecule has 0 heteroatoms. The number of hydrogen-bond acceptors (Lipinski definition) is 0. The smallest absolute Gasteiger partial charge is 0.0104 e. The molecule has 0 saturated carbocycles. The zero-order valence-electron chi connectivity index (χ0n) is 13.4. The van der Waals surface area contributed by atoms with Gasteiger partial charge >= 0.3 is 0 Å². The van der Waals surface area contributed by atoms with Crippen molar-refractivity contribution in [3.05, 3.63) is 47.1 Å². The maximum absolute atomic E-state index is 2.37. The molecule has 1 aliphatic rings. The monoisotopic (exact) mass is 258 g/mol. The first-order valence-electron chi connectivity index (χ1n) is 7.69. The molecular formula is C19H30. The standard InChI is InChI=1S/C19H30/c1-6-7-8-9-11-16(2)13-14-18-17(3)12-10-15-19(18,4)5/h8-9,11,13-14H,6-7,10,12,15H2,1-5H3/b9-8+,14-13+,16-11+. The second-order valence-electron chi connectivity index (χ2n) is 6.39. The van der Waals surface area contributed by atoms with Crippen molar-refractivity contribution in [3.63, 3.8) is 0 Å². The average Bonchev–Trinajstić information content (AvgIpc) is 2.33. The first-order valence-corrected chi connectivity index (χ1v) is 7.69. The van der Waals surface area contributed by atoms with E-state index < -0.39 is 0 Å². The third kappa shape index (κ3) is 5.22. The van der Waals surface area contributed by atoms with Gasteiger partial charge in [-0.25, -0.2) is 0 Å². The summed E-state index contributed by atoms with van der Waals surface area (Å²) in [5.74, 6) is 0. The molecule has 0 spiro atoms. The van der Waals surface area contributed by atoms with Gasteiger partial charge in [0.15, 0.2) is 0 Å². The molecule has 1 rings (SSSR count). The second-order valence-corrected chi connectivity index (χ2v) is 6.39. The van der Waals surface area contributed by atoms with Crippen LogP contribution < -0.4 is 0 Å². The largest absolute Gasteiger partial charge is 0.0845 e. The Bertz CT molecular complexity index is 400. The van der Waals surface area contributed by atoms with Crippen LogP contribution >= 0.6 is 0 Å². The molecule has 0 radical (unpaired) electrons. The van der Waals surface area contributed by atoms with Crippen LogP contribution in [0.2, 0.25) is 0 Å². The Balaban J connectivity index is 2.74. The third-order valence-electron chi connectivity index (χ3n) is 4.01. The van der Waals surface area contributed by atoms with Gasteiger partial charge in [0.2, 0.25) is 0 Å². The molecule has 1 aliphatic carbocycles. The van der Waals surface area contributed by atoms with Gasteiger partial charge in [-0.05, 0) is 50.5 Å². The third-order valence-corrected chi connectivity index (χ3v) is 4.01. The highest BCUT2D eigenvalue weighted by Crippen LogP contribution is 2.40. The predicted octanol–water partition coefficient (Wildman–Crippen LogP) is 6.37. The minimum absolute atomic E-state index is 0.344. The number of hydrogen-bond donors (Lipinski definition) is 0. The molecule has 0 bridgehead atoms. The van der Waals surface area contributed by atoms with Crippen LogP contribution in [-0.4, -0.2) is 0 Å². The fourth-order valence-corrected chi connectivity index (χ4v) is 2.76. The Morgan fingerprint density at radius 2 is 2.05 bits per heavy atom. The van der Waals surface area contributed by atoms with E-state index in [1.807, 2.05) is 0 Å². The van der Waals surface area contributed by atoms with Gasteiger partial charge in [-0.15, -0.1) is 0 Å². The summed E-state index contributed by atoms with van der Waals surface area (Å²) in [7, 11) is 0. The molecule has 0 aromatic heterocycles. The fraction of sp³-hybridized carbons (Fsp3) is 0.579. The van der Waals surface area contributed by atoms with Crippen LogP contribution in [-0.2, 0) is 0 Å². The molecule has 0 amide bonds. The molecule has 106 valence electrons. The lowest BCUT2D eigenvalue weighted by atomic mass is 9.72. The van der Waals surface area contributed by atoms with Gasteiger partial charge in [-0.1, -0.05) is 68.7 Å². The van der Waals surface area contributed by atoms with E-state index in [9.17, 15) is 0 Å². The molecule has 0 aromatic carbocycles. The maximum atomic E-state index is 2.37. The van der Waals surface area contributed by atoms with E-state index in [-0.39, 0.29) is 0 Å². The zero-order chi connectivity index (χ0) is 14.3. The minimum Gasteiger partial charge on any atom is -0.0845 e. The summed E-state index contributed by atoms with van der Waals surface area (Å²) in [5, 5.41) is 0. The van der Waals surface area contributed by atoms with Crippen molar-refractivity contribution < 1.29 is 0 Å². The maximum Gasteiger partial charge on any atom is -0.0104 e. The summed E-state index contributed by atoms with van der Waals surface area (Å²) in [6, 6.07) is 0. The first-order chi connectivity index (χ1) is 8.97. The van der Waals surface area contributed by atoms with Crippen molar-refractivity contribution in [2.24, 2.45) is 5.41 Å². The van der Waals surface area contributed by atoms with E-state index in [0.717, 1.165) is 0 Å². The van der Waals surface area contributed by atoms with Gasteiger partial charge < -0.3 is 0 Å². The summed E-state index contributed by atoms with van der Waals surface area (Å²) in [5.41, 5.74) is 4.79. The van der Waals surface area contributed by atoms with Gasteiger partial charge in [0.05, 0.1) is 0 Å². The number of allylic oxidation sites excluding steroid dienone is 8. The van der Waals surface area contributed by atoms with E-state index in [2.05, 4.69) is 65.0 Å². The SMILES string of the molecule is CCC/C=C/C=C(C)/C=C/C1=C(C)CCCC1(C)C. The summed E-state index contributed by atoms with van der Waals surface area (Å²) in [6.07, 6.45) is 17.5. The van der Waals surface area contributed by atoms with E-state index >= 15 is 0 Å². The summed E-state index contributed by atoms with van der Waals surface area (Å²) < 4.78 is 0. The average molecular weight is 258 g/mol. The highest BCUT2D eigenvalue weighted by molar-refractivity contribution is 5.36. The molecule has 0 aliphatic heterocycles. The zero-order valence-corrected chi connectivity index (χ0v) is 13.4. The van der Waals surface area contributed by atoms with Crippen molar-refractivity contribution in [1.29, 1.82) is 0 Å². The number of rotatable bonds is 5. The second kappa shape index (κ2) is 7.53. The van der Waals surface area contributed by atoms with E-state index in [1.165, 1.54) is 37.7 Å². The Morgan fingerprint density at radius 1 is 1.32 bits per heavy atom. The lowest BCUT2D eigenvalue weighted by Gasteiger charge is -2.32. The molecule has 0 fully saturated rings. The molecule has 19 heavy (non-hydrogen) atoms. The summed E-state index contributed by atoms with van der Waals surface area (Å²) in [4.78, 5) is 0. The van der Waals surface area contributed by atoms with E-state index in [4.69, 9.17) is 0 Å². The first kappa shape index (κ1) is 16.0. The topological polar surface area (TPSA) is 0 Å². The molecule has 0 N–H and O–H groups in total. The van der Waals surface area contributed by atoms with Crippen LogP contribution in [0, 0.1) is 5.41 Å². The molecular weight excluding hydrogens is 228 g/mol. The van der Waals surface area contributed by atoms with Crippen molar-refractivity contribution in [2.45, 2.75) is 66.7 Å². The van der Waals surface area contributed by atoms with Crippen molar-refractivity contribution in [3.8, 4) is 0 Å². The van der Waals surface area contributed by atoms with Gasteiger partial charge in [-0.3, -0.25) is 0 Å². The highest BCUT2D eigenvalue weighted by atomic mass is 14.3. The Morgan fingerprint density at radius 3 is 2.68 bits per heavy atom. The van der Waals surface area contributed by atoms with E-state index in [0.29, 0.717) is 5.41 Å². The van der Waals surface area contributed by atoms with Crippen LogP contribution in [0.3, 0.4) is 0 Å². The molecule has 0 aromatic rings. The van der Waals surface area contributed by atoms with Gasteiger partial charge in [-0.2, -0.15) is 0 Å². The highest BCUT2D eigenvalue weighted by Gasteiger charge is 2.26. The predicted molar refractivity (Wildman–Crippen MR) is 87.3 cm³/mol. The van der Waals surface area contributed by atoms with Crippen LogP contribution in [0.4, 0.5) is 0 Å². The van der Waals surface area contributed by atoms with Gasteiger partial charge in [0, 0.05) is 0 Å². The Kier molecular flexibility index (Phi) is 6.34. The number of unbranched alkanes of at least 4 members (excludes halogenated alkanes) is 1. The van der Waals surface area contributed by atoms with E-state index in [1.54, 1.807) is 11.1 Å². The summed E-state index contributed by atoms with van der Waals surface area (Å²) in [6.45, 7) is 11.4. The molecule has 0 heterocycles. The van der Waals surface area contributed by atoms with Crippen LogP contribution in [0.25, 0.3) is 0 Å². The quantitative estimate of drug-likeness (QED) is 0.502. The van der Waals surface area contributed by atoms with Crippen LogP contribution in [0.1, 0.15) is 66.7 Å². The van der Waals surface area contributed by atoms with Crippen LogP contribution in [0.5, 0.6) is 0 Å². The lowest BCUT2D eigenvalue weighted by Crippen LogP contribution is -2.19. The van der Waals surface area contributed by atoms with Crippen LogP contribution in [0.15, 0.2) is 47.1 Å². The lowest BCUT2D eigenvalue weighted by molar-refractivity contribution is 0.377. The van der Waals surface area contributed by atoms with Crippen molar-refractivity contribution in [1.82, 2.24) is 0 Å².